The highest BCUT2D eigenvalue weighted by atomic mass is 16.5. The fraction of sp³-hybridized carbons (Fsp3) is 0.700. The fourth-order valence-corrected chi connectivity index (χ4v) is 3.93. The van der Waals surface area contributed by atoms with E-state index >= 15 is 0 Å². The number of quaternary nitrogens is 1. The normalized spacial score (nSPS) is 23.9. The number of methoxy groups -OCH3 is 1. The van der Waals surface area contributed by atoms with Gasteiger partial charge in [-0.05, 0) is 62.3 Å². The highest BCUT2D eigenvalue weighted by Gasteiger charge is 2.42. The van der Waals surface area contributed by atoms with Gasteiger partial charge in [0.2, 0.25) is 0 Å². The molecule has 0 spiro atoms. The summed E-state index contributed by atoms with van der Waals surface area (Å²) in [6.07, 6.45) is 3.64. The predicted octanol–water partition coefficient (Wildman–Crippen LogP) is 3.38. The van der Waals surface area contributed by atoms with Crippen LogP contribution < -0.4 is 10.1 Å². The summed E-state index contributed by atoms with van der Waals surface area (Å²) in [4.78, 5) is 0. The molecule has 23 heavy (non-hydrogen) atoms. The van der Waals surface area contributed by atoms with Crippen LogP contribution in [0.1, 0.15) is 52.5 Å². The van der Waals surface area contributed by atoms with Gasteiger partial charge in [0.1, 0.15) is 12.3 Å². The molecule has 1 aliphatic rings. The van der Waals surface area contributed by atoms with Gasteiger partial charge in [0.05, 0.1) is 19.3 Å². The van der Waals surface area contributed by atoms with E-state index in [-0.39, 0.29) is 5.60 Å². The molecule has 1 aromatic rings. The molecule has 1 heterocycles. The van der Waals surface area contributed by atoms with Crippen molar-refractivity contribution in [2.45, 2.75) is 59.1 Å². The van der Waals surface area contributed by atoms with Crippen LogP contribution in [0.3, 0.4) is 0 Å². The Bertz CT molecular complexity index is 481. The third-order valence-electron chi connectivity index (χ3n) is 5.48. The Labute approximate surface area is 141 Å². The number of rotatable bonds is 7. The lowest BCUT2D eigenvalue weighted by atomic mass is 9.65. The lowest BCUT2D eigenvalue weighted by Gasteiger charge is -2.47. The van der Waals surface area contributed by atoms with Crippen LogP contribution >= 0.6 is 0 Å². The predicted molar refractivity (Wildman–Crippen MR) is 94.6 cm³/mol. The van der Waals surface area contributed by atoms with Crippen molar-refractivity contribution in [1.29, 1.82) is 0 Å². The maximum absolute atomic E-state index is 5.95. The second kappa shape index (κ2) is 7.67. The van der Waals surface area contributed by atoms with Crippen LogP contribution in [0.15, 0.2) is 24.3 Å². The molecule has 3 nitrogen and oxygen atoms in total. The van der Waals surface area contributed by atoms with Crippen molar-refractivity contribution in [3.8, 4) is 5.75 Å². The zero-order chi connectivity index (χ0) is 16.9. The van der Waals surface area contributed by atoms with E-state index in [4.69, 9.17) is 9.47 Å². The molecule has 2 N–H and O–H groups in total. The van der Waals surface area contributed by atoms with Crippen molar-refractivity contribution in [3.05, 3.63) is 29.8 Å². The van der Waals surface area contributed by atoms with E-state index < -0.39 is 0 Å². The summed E-state index contributed by atoms with van der Waals surface area (Å²) in [5.41, 5.74) is 1.81. The Morgan fingerprint density at radius 3 is 2.48 bits per heavy atom. The van der Waals surface area contributed by atoms with Gasteiger partial charge in [0.15, 0.2) is 0 Å². The van der Waals surface area contributed by atoms with Crippen LogP contribution in [0.4, 0.5) is 0 Å². The van der Waals surface area contributed by atoms with Crippen molar-refractivity contribution in [2.24, 2.45) is 11.3 Å². The first-order valence-electron chi connectivity index (χ1n) is 8.95. The van der Waals surface area contributed by atoms with Crippen LogP contribution in [0.2, 0.25) is 0 Å². The Kier molecular flexibility index (Phi) is 6.10. The Balaban J connectivity index is 1.84. The largest absolute Gasteiger partial charge is 0.497 e. The third-order valence-corrected chi connectivity index (χ3v) is 5.48. The number of ether oxygens (including phenoxy) is 2. The van der Waals surface area contributed by atoms with E-state index in [0.717, 1.165) is 18.9 Å². The summed E-state index contributed by atoms with van der Waals surface area (Å²) in [5, 5.41) is 2.44. The van der Waals surface area contributed by atoms with E-state index in [2.05, 4.69) is 45.1 Å². The minimum Gasteiger partial charge on any atom is -0.497 e. The first-order chi connectivity index (χ1) is 10.9. The molecule has 3 heteroatoms. The van der Waals surface area contributed by atoms with E-state index in [1.54, 1.807) is 7.11 Å². The summed E-state index contributed by atoms with van der Waals surface area (Å²) in [5.74, 6) is 1.64. The molecule has 1 atom stereocenters. The number of hydrogen-bond donors (Lipinski definition) is 1. The maximum atomic E-state index is 5.95. The molecule has 0 saturated carbocycles. The highest BCUT2D eigenvalue weighted by Crippen LogP contribution is 2.46. The topological polar surface area (TPSA) is 35.1 Å². The number of nitrogens with two attached hydrogens (primary N) is 1. The lowest BCUT2D eigenvalue weighted by molar-refractivity contribution is -0.672. The molecule has 2 rings (SSSR count). The average Bonchev–Trinajstić information content (AvgIpc) is 2.51. The smallest absolute Gasteiger partial charge is 0.118 e. The van der Waals surface area contributed by atoms with E-state index in [1.165, 1.54) is 31.4 Å². The first-order valence-corrected chi connectivity index (χ1v) is 8.95. The third kappa shape index (κ3) is 4.95. The van der Waals surface area contributed by atoms with Gasteiger partial charge in [-0.25, -0.2) is 0 Å². The van der Waals surface area contributed by atoms with E-state index in [0.29, 0.717) is 11.3 Å². The molecule has 0 amide bonds. The van der Waals surface area contributed by atoms with Crippen LogP contribution in [-0.2, 0) is 11.3 Å². The van der Waals surface area contributed by atoms with Gasteiger partial charge in [-0.15, -0.1) is 0 Å². The summed E-state index contributed by atoms with van der Waals surface area (Å²) < 4.78 is 11.2. The molecule has 0 aliphatic carbocycles. The Morgan fingerprint density at radius 2 is 1.91 bits per heavy atom. The van der Waals surface area contributed by atoms with E-state index in [1.807, 2.05) is 12.1 Å². The van der Waals surface area contributed by atoms with Crippen molar-refractivity contribution in [1.82, 2.24) is 0 Å². The van der Waals surface area contributed by atoms with Crippen molar-refractivity contribution >= 4 is 0 Å². The van der Waals surface area contributed by atoms with Gasteiger partial charge in [0, 0.05) is 18.6 Å². The Hall–Kier alpha value is -1.06. The summed E-state index contributed by atoms with van der Waals surface area (Å²) in [6, 6.07) is 8.40. The molecule has 0 unspecified atom stereocenters. The second-order valence-corrected chi connectivity index (χ2v) is 7.93. The minimum atomic E-state index is 0.0263. The highest BCUT2D eigenvalue weighted by molar-refractivity contribution is 5.26. The SMILES string of the molecule is COc1ccc(C[NH2+]CC[C@]2(C(C)C)CCOC(C)(C)C2)cc1. The van der Waals surface area contributed by atoms with Crippen LogP contribution in [-0.4, -0.2) is 25.9 Å². The van der Waals surface area contributed by atoms with Crippen molar-refractivity contribution in [2.75, 3.05) is 20.3 Å². The molecule has 130 valence electrons. The van der Waals surface area contributed by atoms with Crippen LogP contribution in [0.5, 0.6) is 5.75 Å². The van der Waals surface area contributed by atoms with Crippen LogP contribution in [0.25, 0.3) is 0 Å². The number of hydrogen-bond acceptors (Lipinski definition) is 2. The zero-order valence-electron chi connectivity index (χ0n) is 15.5. The van der Waals surface area contributed by atoms with E-state index in [9.17, 15) is 0 Å². The molecule has 1 fully saturated rings. The van der Waals surface area contributed by atoms with Crippen molar-refractivity contribution < 1.29 is 14.8 Å². The van der Waals surface area contributed by atoms with Gasteiger partial charge in [-0.3, -0.25) is 0 Å². The molecular formula is C20H34NO2+. The monoisotopic (exact) mass is 320 g/mol. The number of benzene rings is 1. The molecule has 1 saturated heterocycles. The zero-order valence-corrected chi connectivity index (χ0v) is 15.5. The standard InChI is InChI=1S/C20H33NO2/c1-16(2)20(11-13-23-19(3,4)15-20)10-12-21-14-17-6-8-18(22-5)9-7-17/h6-9,16,21H,10-15H2,1-5H3/p+1/t20-/m0/s1. The summed E-state index contributed by atoms with van der Waals surface area (Å²) in [7, 11) is 1.71. The molecule has 1 aliphatic heterocycles. The minimum absolute atomic E-state index is 0.0263. The lowest BCUT2D eigenvalue weighted by Crippen LogP contribution is -2.83. The second-order valence-electron chi connectivity index (χ2n) is 7.93. The quantitative estimate of drug-likeness (QED) is 0.782. The maximum Gasteiger partial charge on any atom is 0.118 e. The Morgan fingerprint density at radius 1 is 1.22 bits per heavy atom. The molecular weight excluding hydrogens is 286 g/mol. The molecule has 0 aromatic heterocycles. The molecule has 0 radical (unpaired) electrons. The molecule has 0 bridgehead atoms. The van der Waals surface area contributed by atoms with Gasteiger partial charge < -0.3 is 14.8 Å². The van der Waals surface area contributed by atoms with Gasteiger partial charge in [0.25, 0.3) is 0 Å². The van der Waals surface area contributed by atoms with Crippen LogP contribution in [0, 0.1) is 11.3 Å². The summed E-state index contributed by atoms with van der Waals surface area (Å²) in [6.45, 7) is 12.4. The fourth-order valence-electron chi connectivity index (χ4n) is 3.93. The van der Waals surface area contributed by atoms with Gasteiger partial charge in [-0.1, -0.05) is 13.8 Å². The first kappa shape index (κ1) is 18.3. The van der Waals surface area contributed by atoms with Crippen molar-refractivity contribution in [3.63, 3.8) is 0 Å². The average molecular weight is 320 g/mol. The summed E-state index contributed by atoms with van der Waals surface area (Å²) >= 11 is 0. The van der Waals surface area contributed by atoms with Gasteiger partial charge >= 0.3 is 0 Å². The molecule has 1 aromatic carbocycles. The van der Waals surface area contributed by atoms with Gasteiger partial charge in [-0.2, -0.15) is 0 Å².